The standard InChI is InChI=1S/C21H18N4O3S/c1-29(26,27)23-19-13-12-17(14-21(19)28-18-10-6-3-7-11-18)25-15-20(22-24-25)16-8-4-2-5-9-16/h2-15,23H,1H3. The monoisotopic (exact) mass is 406 g/mol. The van der Waals surface area contributed by atoms with Crippen molar-refractivity contribution in [1.82, 2.24) is 15.0 Å². The van der Waals surface area contributed by atoms with Crippen molar-refractivity contribution in [2.24, 2.45) is 0 Å². The van der Waals surface area contributed by atoms with E-state index >= 15 is 0 Å². The molecule has 0 radical (unpaired) electrons. The van der Waals surface area contributed by atoms with Gasteiger partial charge in [-0.2, -0.15) is 0 Å². The lowest BCUT2D eigenvalue weighted by molar-refractivity contribution is 0.484. The molecule has 0 aliphatic rings. The summed E-state index contributed by atoms with van der Waals surface area (Å²) >= 11 is 0. The number of para-hydroxylation sites is 1. The average Bonchev–Trinajstić information content (AvgIpc) is 3.20. The van der Waals surface area contributed by atoms with Gasteiger partial charge in [0.15, 0.2) is 5.75 Å². The van der Waals surface area contributed by atoms with Gasteiger partial charge in [0, 0.05) is 11.6 Å². The maximum atomic E-state index is 11.7. The maximum Gasteiger partial charge on any atom is 0.229 e. The number of aromatic nitrogens is 3. The van der Waals surface area contributed by atoms with Crippen molar-refractivity contribution in [2.75, 3.05) is 11.0 Å². The molecule has 0 bridgehead atoms. The average molecular weight is 406 g/mol. The van der Waals surface area contributed by atoms with Crippen LogP contribution in [0.2, 0.25) is 0 Å². The molecule has 4 aromatic rings. The van der Waals surface area contributed by atoms with Crippen LogP contribution in [-0.4, -0.2) is 29.7 Å². The van der Waals surface area contributed by atoms with Gasteiger partial charge in [0.05, 0.1) is 23.8 Å². The predicted molar refractivity (Wildman–Crippen MR) is 112 cm³/mol. The van der Waals surface area contributed by atoms with Crippen molar-refractivity contribution in [2.45, 2.75) is 0 Å². The van der Waals surface area contributed by atoms with Gasteiger partial charge in [-0.3, -0.25) is 4.72 Å². The number of rotatable bonds is 6. The zero-order valence-corrected chi connectivity index (χ0v) is 16.4. The van der Waals surface area contributed by atoms with Gasteiger partial charge in [-0.05, 0) is 24.3 Å². The van der Waals surface area contributed by atoms with E-state index in [1.165, 1.54) is 0 Å². The molecule has 0 saturated carbocycles. The molecule has 0 fully saturated rings. The molecule has 146 valence electrons. The van der Waals surface area contributed by atoms with Crippen LogP contribution in [0.25, 0.3) is 16.9 Å². The van der Waals surface area contributed by atoms with Crippen LogP contribution in [0.4, 0.5) is 5.69 Å². The van der Waals surface area contributed by atoms with Gasteiger partial charge in [0.25, 0.3) is 0 Å². The van der Waals surface area contributed by atoms with E-state index < -0.39 is 10.0 Å². The summed E-state index contributed by atoms with van der Waals surface area (Å²) in [7, 11) is -3.47. The highest BCUT2D eigenvalue weighted by molar-refractivity contribution is 7.92. The second-order valence-corrected chi connectivity index (χ2v) is 8.13. The molecule has 0 unspecified atom stereocenters. The van der Waals surface area contributed by atoms with E-state index in [-0.39, 0.29) is 0 Å². The van der Waals surface area contributed by atoms with E-state index in [1.807, 2.05) is 48.5 Å². The third-order valence-corrected chi connectivity index (χ3v) is 4.65. The Hall–Kier alpha value is -3.65. The number of hydrogen-bond donors (Lipinski definition) is 1. The molecule has 0 aliphatic carbocycles. The Morgan fingerprint density at radius 2 is 1.62 bits per heavy atom. The molecule has 0 aliphatic heterocycles. The molecule has 4 rings (SSSR count). The van der Waals surface area contributed by atoms with Gasteiger partial charge < -0.3 is 4.74 Å². The van der Waals surface area contributed by atoms with Gasteiger partial charge in [0.2, 0.25) is 10.0 Å². The largest absolute Gasteiger partial charge is 0.455 e. The number of hydrogen-bond acceptors (Lipinski definition) is 5. The number of benzene rings is 3. The van der Waals surface area contributed by atoms with Crippen LogP contribution < -0.4 is 9.46 Å². The van der Waals surface area contributed by atoms with Crippen LogP contribution >= 0.6 is 0 Å². The molecule has 0 spiro atoms. The minimum atomic E-state index is -3.47. The number of ether oxygens (including phenoxy) is 1. The van der Waals surface area contributed by atoms with Crippen molar-refractivity contribution in [3.8, 4) is 28.4 Å². The molecule has 1 heterocycles. The molecule has 0 atom stereocenters. The van der Waals surface area contributed by atoms with E-state index in [0.717, 1.165) is 17.5 Å². The second-order valence-electron chi connectivity index (χ2n) is 6.38. The molecule has 7 nitrogen and oxygen atoms in total. The van der Waals surface area contributed by atoms with Crippen molar-refractivity contribution in [1.29, 1.82) is 0 Å². The first-order chi connectivity index (χ1) is 14.0. The Kier molecular flexibility index (Phi) is 5.01. The Balaban J connectivity index is 1.71. The molecule has 0 amide bonds. The lowest BCUT2D eigenvalue weighted by atomic mass is 10.2. The molecule has 0 saturated heterocycles. The van der Waals surface area contributed by atoms with Crippen LogP contribution in [0.5, 0.6) is 11.5 Å². The van der Waals surface area contributed by atoms with Crippen LogP contribution in [0.15, 0.2) is 85.1 Å². The predicted octanol–water partition coefficient (Wildman–Crippen LogP) is 4.10. The molecule has 3 aromatic carbocycles. The second kappa shape index (κ2) is 7.76. The van der Waals surface area contributed by atoms with E-state index in [9.17, 15) is 8.42 Å². The normalized spacial score (nSPS) is 11.2. The maximum absolute atomic E-state index is 11.7. The fraction of sp³-hybridized carbons (Fsp3) is 0.0476. The molecule has 8 heteroatoms. The summed E-state index contributed by atoms with van der Waals surface area (Å²) in [4.78, 5) is 0. The van der Waals surface area contributed by atoms with Crippen LogP contribution in [0, 0.1) is 0 Å². The zero-order valence-electron chi connectivity index (χ0n) is 15.6. The van der Waals surface area contributed by atoms with Crippen molar-refractivity contribution >= 4 is 15.7 Å². The minimum absolute atomic E-state index is 0.337. The smallest absolute Gasteiger partial charge is 0.229 e. The Morgan fingerprint density at radius 1 is 0.931 bits per heavy atom. The lowest BCUT2D eigenvalue weighted by Crippen LogP contribution is -2.10. The van der Waals surface area contributed by atoms with Crippen LogP contribution in [0.1, 0.15) is 0 Å². The molecule has 1 N–H and O–H groups in total. The summed E-state index contributed by atoms with van der Waals surface area (Å²) < 4.78 is 33.5. The highest BCUT2D eigenvalue weighted by Gasteiger charge is 2.13. The third-order valence-electron chi connectivity index (χ3n) is 4.06. The Bertz CT molecular complexity index is 1220. The minimum Gasteiger partial charge on any atom is -0.455 e. The number of nitrogens with zero attached hydrogens (tertiary/aromatic N) is 3. The van der Waals surface area contributed by atoms with Crippen molar-refractivity contribution in [3.63, 3.8) is 0 Å². The van der Waals surface area contributed by atoms with Crippen LogP contribution in [-0.2, 0) is 10.0 Å². The van der Waals surface area contributed by atoms with Crippen molar-refractivity contribution in [3.05, 3.63) is 85.1 Å². The van der Waals surface area contributed by atoms with Crippen molar-refractivity contribution < 1.29 is 13.2 Å². The first-order valence-electron chi connectivity index (χ1n) is 8.81. The summed E-state index contributed by atoms with van der Waals surface area (Å²) in [5, 5.41) is 8.41. The van der Waals surface area contributed by atoms with Gasteiger partial charge >= 0.3 is 0 Å². The van der Waals surface area contributed by atoms with Gasteiger partial charge in [-0.1, -0.05) is 53.7 Å². The molecular formula is C21H18N4O3S. The van der Waals surface area contributed by atoms with Crippen LogP contribution in [0.3, 0.4) is 0 Å². The molecule has 1 aromatic heterocycles. The number of anilines is 1. The van der Waals surface area contributed by atoms with E-state index in [2.05, 4.69) is 15.0 Å². The SMILES string of the molecule is CS(=O)(=O)Nc1ccc(-n2cc(-c3ccccc3)nn2)cc1Oc1ccccc1. The summed E-state index contributed by atoms with van der Waals surface area (Å²) in [6.07, 6.45) is 2.90. The third kappa shape index (κ3) is 4.61. The topological polar surface area (TPSA) is 86.1 Å². The van der Waals surface area contributed by atoms with Gasteiger partial charge in [-0.25, -0.2) is 13.1 Å². The summed E-state index contributed by atoms with van der Waals surface area (Å²) in [5.41, 5.74) is 2.71. The highest BCUT2D eigenvalue weighted by atomic mass is 32.2. The quantitative estimate of drug-likeness (QED) is 0.521. The summed E-state index contributed by atoms with van der Waals surface area (Å²) in [6, 6.07) is 24.0. The zero-order chi connectivity index (χ0) is 20.3. The number of sulfonamides is 1. The van der Waals surface area contributed by atoms with Gasteiger partial charge in [-0.15, -0.1) is 5.10 Å². The van der Waals surface area contributed by atoms with Gasteiger partial charge in [0.1, 0.15) is 11.4 Å². The number of nitrogens with one attached hydrogen (secondary N) is 1. The fourth-order valence-electron chi connectivity index (χ4n) is 2.77. The first kappa shape index (κ1) is 18.7. The summed E-state index contributed by atoms with van der Waals surface area (Å²) in [6.45, 7) is 0. The summed E-state index contributed by atoms with van der Waals surface area (Å²) in [5.74, 6) is 0.945. The Morgan fingerprint density at radius 3 is 2.31 bits per heavy atom. The fourth-order valence-corrected chi connectivity index (χ4v) is 3.34. The highest BCUT2D eigenvalue weighted by Crippen LogP contribution is 2.32. The van der Waals surface area contributed by atoms with E-state index in [4.69, 9.17) is 4.74 Å². The lowest BCUT2D eigenvalue weighted by Gasteiger charge is -2.13. The molecular weight excluding hydrogens is 388 g/mol. The first-order valence-corrected chi connectivity index (χ1v) is 10.7. The molecule has 29 heavy (non-hydrogen) atoms. The Labute approximate surface area is 168 Å². The van der Waals surface area contributed by atoms with E-state index in [0.29, 0.717) is 22.9 Å². The van der Waals surface area contributed by atoms with E-state index in [1.54, 1.807) is 41.2 Å².